The number of halogens is 2. The second kappa shape index (κ2) is 9.84. The minimum absolute atomic E-state index is 0.0524. The average Bonchev–Trinajstić information content (AvgIpc) is 2.65. The standard InChI is InChI=1S/C19H21BrFN3O5/c1-12(2)26-19(25)29-24-7-5-14(6-8-24)27-17-10-18(23-11-22-17)28-16-4-3-13(20)9-15(16)21/h3-4,9-12,14H,5-8H2,1-2H3. The molecule has 1 aromatic heterocycles. The first-order valence-corrected chi connectivity index (χ1v) is 9.93. The van der Waals surface area contributed by atoms with Crippen molar-refractivity contribution in [3.63, 3.8) is 0 Å². The monoisotopic (exact) mass is 469 g/mol. The summed E-state index contributed by atoms with van der Waals surface area (Å²) in [5.74, 6) is 0.0416. The molecule has 10 heteroatoms. The Bertz CT molecular complexity index is 846. The summed E-state index contributed by atoms with van der Waals surface area (Å²) < 4.78 is 30.8. The van der Waals surface area contributed by atoms with E-state index in [-0.39, 0.29) is 23.8 Å². The maximum atomic E-state index is 13.9. The lowest BCUT2D eigenvalue weighted by Gasteiger charge is -2.30. The fraction of sp³-hybridized carbons (Fsp3) is 0.421. The van der Waals surface area contributed by atoms with Crippen molar-refractivity contribution >= 4 is 22.1 Å². The van der Waals surface area contributed by atoms with Crippen molar-refractivity contribution in [3.8, 4) is 17.5 Å². The number of carbonyl (C=O) groups excluding carboxylic acids is 1. The van der Waals surface area contributed by atoms with Crippen molar-refractivity contribution in [2.24, 2.45) is 0 Å². The predicted molar refractivity (Wildman–Crippen MR) is 104 cm³/mol. The summed E-state index contributed by atoms with van der Waals surface area (Å²) in [5, 5.41) is 1.55. The number of carbonyl (C=O) groups is 1. The normalized spacial score (nSPS) is 15.2. The van der Waals surface area contributed by atoms with E-state index in [1.54, 1.807) is 25.0 Å². The molecule has 1 saturated heterocycles. The van der Waals surface area contributed by atoms with E-state index in [1.807, 2.05) is 0 Å². The van der Waals surface area contributed by atoms with Gasteiger partial charge in [0.2, 0.25) is 11.8 Å². The van der Waals surface area contributed by atoms with Gasteiger partial charge in [0.15, 0.2) is 11.6 Å². The lowest BCUT2D eigenvalue weighted by Crippen LogP contribution is -2.40. The van der Waals surface area contributed by atoms with E-state index >= 15 is 0 Å². The fourth-order valence-electron chi connectivity index (χ4n) is 2.65. The van der Waals surface area contributed by atoms with Crippen LogP contribution in [0.1, 0.15) is 26.7 Å². The summed E-state index contributed by atoms with van der Waals surface area (Å²) >= 11 is 3.20. The van der Waals surface area contributed by atoms with Crippen molar-refractivity contribution in [2.75, 3.05) is 13.1 Å². The van der Waals surface area contributed by atoms with Crippen LogP contribution in [0.2, 0.25) is 0 Å². The average molecular weight is 470 g/mol. The number of hydroxylamine groups is 2. The van der Waals surface area contributed by atoms with Crippen LogP contribution in [0.4, 0.5) is 9.18 Å². The molecule has 156 valence electrons. The molecule has 0 saturated carbocycles. The van der Waals surface area contributed by atoms with Crippen LogP contribution in [-0.2, 0) is 9.57 Å². The summed E-state index contributed by atoms with van der Waals surface area (Å²) in [4.78, 5) is 24.8. The number of aromatic nitrogens is 2. The van der Waals surface area contributed by atoms with E-state index in [9.17, 15) is 9.18 Å². The number of benzene rings is 1. The van der Waals surface area contributed by atoms with Gasteiger partial charge in [-0.1, -0.05) is 15.9 Å². The van der Waals surface area contributed by atoms with Crippen molar-refractivity contribution in [1.82, 2.24) is 15.0 Å². The van der Waals surface area contributed by atoms with Crippen LogP contribution < -0.4 is 9.47 Å². The summed E-state index contributed by atoms with van der Waals surface area (Å²) in [5.41, 5.74) is 0. The van der Waals surface area contributed by atoms with E-state index in [4.69, 9.17) is 19.0 Å². The Morgan fingerprint density at radius 2 is 1.93 bits per heavy atom. The minimum Gasteiger partial charge on any atom is -0.474 e. The highest BCUT2D eigenvalue weighted by molar-refractivity contribution is 9.10. The summed E-state index contributed by atoms with van der Waals surface area (Å²) in [7, 11) is 0. The first kappa shape index (κ1) is 21.3. The smallest absolute Gasteiger partial charge is 0.474 e. The number of hydrogen-bond acceptors (Lipinski definition) is 8. The number of piperidine rings is 1. The molecule has 1 aliphatic heterocycles. The van der Waals surface area contributed by atoms with Crippen LogP contribution in [-0.4, -0.2) is 46.5 Å². The summed E-state index contributed by atoms with van der Waals surface area (Å²) in [6, 6.07) is 5.98. The molecule has 0 unspecified atom stereocenters. The summed E-state index contributed by atoms with van der Waals surface area (Å²) in [6.45, 7) is 4.53. The van der Waals surface area contributed by atoms with Gasteiger partial charge in [-0.15, -0.1) is 5.06 Å². The van der Waals surface area contributed by atoms with Crippen LogP contribution in [0.25, 0.3) is 0 Å². The third kappa shape index (κ3) is 6.53. The molecule has 0 N–H and O–H groups in total. The van der Waals surface area contributed by atoms with Crippen LogP contribution >= 0.6 is 15.9 Å². The van der Waals surface area contributed by atoms with Gasteiger partial charge in [-0.05, 0) is 32.0 Å². The number of ether oxygens (including phenoxy) is 3. The Morgan fingerprint density at radius 3 is 2.62 bits per heavy atom. The molecule has 0 radical (unpaired) electrons. The van der Waals surface area contributed by atoms with E-state index in [0.29, 0.717) is 36.3 Å². The quantitative estimate of drug-likeness (QED) is 0.572. The molecular formula is C19H21BrFN3O5. The van der Waals surface area contributed by atoms with Gasteiger partial charge in [0, 0.05) is 30.4 Å². The molecule has 2 heterocycles. The zero-order valence-corrected chi connectivity index (χ0v) is 17.6. The van der Waals surface area contributed by atoms with Crippen molar-refractivity contribution in [1.29, 1.82) is 0 Å². The van der Waals surface area contributed by atoms with E-state index in [2.05, 4.69) is 25.9 Å². The van der Waals surface area contributed by atoms with Crippen molar-refractivity contribution < 1.29 is 28.2 Å². The molecule has 1 aromatic carbocycles. The molecule has 2 aromatic rings. The molecule has 8 nitrogen and oxygen atoms in total. The van der Waals surface area contributed by atoms with Gasteiger partial charge in [0.1, 0.15) is 12.4 Å². The first-order chi connectivity index (χ1) is 13.9. The lowest BCUT2D eigenvalue weighted by atomic mass is 10.1. The predicted octanol–water partition coefficient (Wildman–Crippen LogP) is 4.49. The molecule has 29 heavy (non-hydrogen) atoms. The Labute approximate surface area is 176 Å². The van der Waals surface area contributed by atoms with Gasteiger partial charge in [-0.25, -0.2) is 19.2 Å². The molecule has 0 spiro atoms. The van der Waals surface area contributed by atoms with Crippen LogP contribution in [0.5, 0.6) is 17.5 Å². The number of hydrogen-bond donors (Lipinski definition) is 0. The second-order valence-corrected chi connectivity index (χ2v) is 7.54. The number of nitrogens with zero attached hydrogens (tertiary/aromatic N) is 3. The van der Waals surface area contributed by atoms with Gasteiger partial charge in [-0.3, -0.25) is 0 Å². The van der Waals surface area contributed by atoms with Crippen molar-refractivity contribution in [3.05, 3.63) is 40.9 Å². The van der Waals surface area contributed by atoms with Gasteiger partial charge >= 0.3 is 6.16 Å². The van der Waals surface area contributed by atoms with E-state index < -0.39 is 12.0 Å². The van der Waals surface area contributed by atoms with Crippen molar-refractivity contribution in [2.45, 2.75) is 38.9 Å². The van der Waals surface area contributed by atoms with Crippen LogP contribution in [0.15, 0.2) is 35.1 Å². The zero-order valence-electron chi connectivity index (χ0n) is 16.0. The Hall–Kier alpha value is -2.46. The van der Waals surface area contributed by atoms with E-state index in [1.165, 1.54) is 24.5 Å². The highest BCUT2D eigenvalue weighted by Crippen LogP contribution is 2.27. The topological polar surface area (TPSA) is 83.0 Å². The highest BCUT2D eigenvalue weighted by atomic mass is 79.9. The number of rotatable bonds is 6. The Balaban J connectivity index is 1.51. The molecule has 0 aliphatic carbocycles. The first-order valence-electron chi connectivity index (χ1n) is 9.14. The zero-order chi connectivity index (χ0) is 20.8. The Morgan fingerprint density at radius 1 is 1.21 bits per heavy atom. The van der Waals surface area contributed by atoms with Crippen LogP contribution in [0, 0.1) is 5.82 Å². The largest absolute Gasteiger partial charge is 0.528 e. The Kier molecular flexibility index (Phi) is 7.21. The van der Waals surface area contributed by atoms with Gasteiger partial charge in [0.05, 0.1) is 12.2 Å². The third-order valence-electron chi connectivity index (χ3n) is 3.95. The highest BCUT2D eigenvalue weighted by Gasteiger charge is 2.24. The van der Waals surface area contributed by atoms with Gasteiger partial charge < -0.3 is 19.0 Å². The molecule has 0 atom stereocenters. The summed E-state index contributed by atoms with van der Waals surface area (Å²) in [6.07, 6.45) is 1.51. The molecule has 0 bridgehead atoms. The molecule has 3 rings (SSSR count). The molecule has 1 fully saturated rings. The maximum absolute atomic E-state index is 13.9. The van der Waals surface area contributed by atoms with Gasteiger partial charge in [-0.2, -0.15) is 0 Å². The second-order valence-electron chi connectivity index (χ2n) is 6.63. The van der Waals surface area contributed by atoms with Crippen LogP contribution in [0.3, 0.4) is 0 Å². The maximum Gasteiger partial charge on any atom is 0.528 e. The van der Waals surface area contributed by atoms with Gasteiger partial charge in [0.25, 0.3) is 0 Å². The lowest BCUT2D eigenvalue weighted by molar-refractivity contribution is -0.151. The minimum atomic E-state index is -0.711. The molecule has 1 aliphatic rings. The van der Waals surface area contributed by atoms with E-state index in [0.717, 1.165) is 0 Å². The molecular weight excluding hydrogens is 449 g/mol. The third-order valence-corrected chi connectivity index (χ3v) is 4.44. The fourth-order valence-corrected chi connectivity index (χ4v) is 2.98. The molecule has 0 amide bonds. The SMILES string of the molecule is CC(C)OC(=O)ON1CCC(Oc2cc(Oc3ccc(Br)cc3F)ncn2)CC1.